The van der Waals surface area contributed by atoms with Crippen LogP contribution >= 0.6 is 11.3 Å². The van der Waals surface area contributed by atoms with Gasteiger partial charge >= 0.3 is 0 Å². The standard InChI is InChI=1S/C8H9NO3S/c10-4-6-3-9-8(13-6)7-5-11-1-2-12-7/h3-4,7H,1-2,5H2. The fourth-order valence-corrected chi connectivity index (χ4v) is 1.90. The average molecular weight is 199 g/mol. The summed E-state index contributed by atoms with van der Waals surface area (Å²) in [4.78, 5) is 15.1. The molecule has 1 unspecified atom stereocenters. The summed E-state index contributed by atoms with van der Waals surface area (Å²) in [5.74, 6) is 0. The van der Waals surface area contributed by atoms with Crippen LogP contribution in [-0.4, -0.2) is 31.1 Å². The highest BCUT2D eigenvalue weighted by molar-refractivity contribution is 7.13. The molecule has 4 nitrogen and oxygen atoms in total. The van der Waals surface area contributed by atoms with E-state index >= 15 is 0 Å². The third kappa shape index (κ3) is 1.93. The first kappa shape index (κ1) is 8.80. The summed E-state index contributed by atoms with van der Waals surface area (Å²) in [7, 11) is 0. The van der Waals surface area contributed by atoms with Crippen LogP contribution in [0.1, 0.15) is 20.8 Å². The summed E-state index contributed by atoms with van der Waals surface area (Å²) >= 11 is 1.36. The van der Waals surface area contributed by atoms with Crippen LogP contribution in [0.3, 0.4) is 0 Å². The maximum absolute atomic E-state index is 10.4. The third-order valence-corrected chi connectivity index (χ3v) is 2.76. The van der Waals surface area contributed by atoms with Crippen LogP contribution in [0.5, 0.6) is 0 Å². The highest BCUT2D eigenvalue weighted by Gasteiger charge is 2.19. The minimum absolute atomic E-state index is 0.0903. The van der Waals surface area contributed by atoms with Crippen LogP contribution in [0.25, 0.3) is 0 Å². The van der Waals surface area contributed by atoms with Gasteiger partial charge in [-0.2, -0.15) is 0 Å². The molecule has 0 saturated carbocycles. The van der Waals surface area contributed by atoms with E-state index in [1.165, 1.54) is 11.3 Å². The first-order valence-electron chi connectivity index (χ1n) is 4.00. The quantitative estimate of drug-likeness (QED) is 0.668. The molecule has 1 fully saturated rings. The monoisotopic (exact) mass is 199 g/mol. The van der Waals surface area contributed by atoms with Gasteiger partial charge in [-0.3, -0.25) is 4.79 Å². The molecular weight excluding hydrogens is 190 g/mol. The van der Waals surface area contributed by atoms with Crippen molar-refractivity contribution in [2.24, 2.45) is 0 Å². The minimum Gasteiger partial charge on any atom is -0.376 e. The van der Waals surface area contributed by atoms with E-state index in [1.54, 1.807) is 6.20 Å². The molecule has 1 atom stereocenters. The Morgan fingerprint density at radius 1 is 1.62 bits per heavy atom. The molecule has 0 N–H and O–H groups in total. The Morgan fingerprint density at radius 3 is 3.15 bits per heavy atom. The lowest BCUT2D eigenvalue weighted by Crippen LogP contribution is -2.21. The Labute approximate surface area is 79.5 Å². The summed E-state index contributed by atoms with van der Waals surface area (Å²) in [5.41, 5.74) is 0. The molecule has 1 saturated heterocycles. The second-order valence-electron chi connectivity index (χ2n) is 2.65. The van der Waals surface area contributed by atoms with Crippen LogP contribution in [-0.2, 0) is 9.47 Å². The zero-order valence-corrected chi connectivity index (χ0v) is 7.75. The molecule has 1 aliphatic rings. The number of nitrogens with zero attached hydrogens (tertiary/aromatic N) is 1. The summed E-state index contributed by atoms with van der Waals surface area (Å²) in [6.45, 7) is 1.77. The molecule has 70 valence electrons. The molecule has 0 bridgehead atoms. The van der Waals surface area contributed by atoms with Crippen molar-refractivity contribution in [1.82, 2.24) is 4.98 Å². The number of ether oxygens (including phenoxy) is 2. The number of carbonyl (C=O) groups excluding carboxylic acids is 1. The van der Waals surface area contributed by atoms with Crippen LogP contribution in [0.15, 0.2) is 6.20 Å². The Balaban J connectivity index is 2.09. The highest BCUT2D eigenvalue weighted by atomic mass is 32.1. The van der Waals surface area contributed by atoms with Gasteiger partial charge in [-0.25, -0.2) is 4.98 Å². The number of thiazole rings is 1. The SMILES string of the molecule is O=Cc1cnc(C2COCCO2)s1. The number of aldehydes is 1. The molecule has 0 aromatic carbocycles. The first-order valence-corrected chi connectivity index (χ1v) is 4.82. The maximum Gasteiger partial charge on any atom is 0.161 e. The van der Waals surface area contributed by atoms with E-state index in [1.807, 2.05) is 0 Å². The molecule has 0 amide bonds. The molecule has 0 spiro atoms. The second-order valence-corrected chi connectivity index (χ2v) is 3.75. The van der Waals surface area contributed by atoms with Crippen LogP contribution < -0.4 is 0 Å². The summed E-state index contributed by atoms with van der Waals surface area (Å²) in [6.07, 6.45) is 2.27. The van der Waals surface area contributed by atoms with E-state index in [0.29, 0.717) is 24.7 Å². The van der Waals surface area contributed by atoms with E-state index in [2.05, 4.69) is 4.98 Å². The van der Waals surface area contributed by atoms with Gasteiger partial charge in [-0.05, 0) is 0 Å². The Hall–Kier alpha value is -0.780. The largest absolute Gasteiger partial charge is 0.376 e. The highest BCUT2D eigenvalue weighted by Crippen LogP contribution is 2.24. The Bertz CT molecular complexity index is 293. The molecule has 0 aliphatic carbocycles. The van der Waals surface area contributed by atoms with Gasteiger partial charge in [-0.15, -0.1) is 11.3 Å². The van der Waals surface area contributed by atoms with E-state index in [9.17, 15) is 4.79 Å². The maximum atomic E-state index is 10.4. The average Bonchev–Trinajstić information content (AvgIpc) is 2.67. The number of aromatic nitrogens is 1. The molecule has 13 heavy (non-hydrogen) atoms. The van der Waals surface area contributed by atoms with Crippen molar-refractivity contribution >= 4 is 17.6 Å². The van der Waals surface area contributed by atoms with Crippen LogP contribution in [0, 0.1) is 0 Å². The lowest BCUT2D eigenvalue weighted by molar-refractivity contribution is -0.0901. The van der Waals surface area contributed by atoms with Gasteiger partial charge in [-0.1, -0.05) is 0 Å². The van der Waals surface area contributed by atoms with Crippen molar-refractivity contribution in [3.05, 3.63) is 16.1 Å². The normalized spacial score (nSPS) is 22.9. The van der Waals surface area contributed by atoms with Crippen molar-refractivity contribution in [3.8, 4) is 0 Å². The number of hydrogen-bond donors (Lipinski definition) is 0. The molecule has 5 heteroatoms. The predicted molar refractivity (Wildman–Crippen MR) is 47.0 cm³/mol. The minimum atomic E-state index is -0.0903. The zero-order chi connectivity index (χ0) is 9.10. The van der Waals surface area contributed by atoms with Gasteiger partial charge < -0.3 is 9.47 Å². The van der Waals surface area contributed by atoms with Crippen molar-refractivity contribution in [2.45, 2.75) is 6.10 Å². The number of hydrogen-bond acceptors (Lipinski definition) is 5. The summed E-state index contributed by atoms with van der Waals surface area (Å²) < 4.78 is 10.7. The summed E-state index contributed by atoms with van der Waals surface area (Å²) in [6, 6.07) is 0. The number of carbonyl (C=O) groups is 1. The molecule has 2 heterocycles. The smallest absolute Gasteiger partial charge is 0.161 e. The fraction of sp³-hybridized carbons (Fsp3) is 0.500. The third-order valence-electron chi connectivity index (χ3n) is 1.75. The predicted octanol–water partition coefficient (Wildman–Crippen LogP) is 1.04. The lowest BCUT2D eigenvalue weighted by atomic mass is 10.4. The van der Waals surface area contributed by atoms with Crippen molar-refractivity contribution in [3.63, 3.8) is 0 Å². The van der Waals surface area contributed by atoms with Gasteiger partial charge in [0.05, 0.1) is 24.7 Å². The first-order chi connectivity index (χ1) is 6.40. The summed E-state index contributed by atoms with van der Waals surface area (Å²) in [5, 5.41) is 0.821. The fourth-order valence-electron chi connectivity index (χ4n) is 1.13. The topological polar surface area (TPSA) is 48.4 Å². The zero-order valence-electron chi connectivity index (χ0n) is 6.93. The van der Waals surface area contributed by atoms with E-state index in [-0.39, 0.29) is 6.10 Å². The van der Waals surface area contributed by atoms with Crippen LogP contribution in [0.4, 0.5) is 0 Å². The number of rotatable bonds is 2. The van der Waals surface area contributed by atoms with Gasteiger partial charge in [0.2, 0.25) is 0 Å². The molecular formula is C8H9NO3S. The Kier molecular flexibility index (Phi) is 2.68. The molecule has 1 aliphatic heterocycles. The molecule has 2 rings (SSSR count). The second kappa shape index (κ2) is 3.95. The van der Waals surface area contributed by atoms with E-state index < -0.39 is 0 Å². The lowest BCUT2D eigenvalue weighted by Gasteiger charge is -2.20. The van der Waals surface area contributed by atoms with Crippen molar-refractivity contribution in [1.29, 1.82) is 0 Å². The van der Waals surface area contributed by atoms with Crippen molar-refractivity contribution in [2.75, 3.05) is 19.8 Å². The van der Waals surface area contributed by atoms with E-state index in [0.717, 1.165) is 11.3 Å². The van der Waals surface area contributed by atoms with Gasteiger partial charge in [0, 0.05) is 6.20 Å². The Morgan fingerprint density at radius 2 is 2.54 bits per heavy atom. The van der Waals surface area contributed by atoms with Gasteiger partial charge in [0.1, 0.15) is 11.1 Å². The van der Waals surface area contributed by atoms with E-state index in [4.69, 9.17) is 9.47 Å². The molecule has 0 radical (unpaired) electrons. The van der Waals surface area contributed by atoms with Crippen molar-refractivity contribution < 1.29 is 14.3 Å². The molecule has 1 aromatic heterocycles. The van der Waals surface area contributed by atoms with Gasteiger partial charge in [0.15, 0.2) is 6.29 Å². The molecule has 1 aromatic rings. The van der Waals surface area contributed by atoms with Gasteiger partial charge in [0.25, 0.3) is 0 Å². The van der Waals surface area contributed by atoms with Crippen LogP contribution in [0.2, 0.25) is 0 Å².